The lowest BCUT2D eigenvalue weighted by molar-refractivity contribution is -0.137. The molecule has 1 aromatic heterocycles. The van der Waals surface area contributed by atoms with E-state index in [-0.39, 0.29) is 12.6 Å². The van der Waals surface area contributed by atoms with Crippen LogP contribution in [-0.2, 0) is 19.3 Å². The van der Waals surface area contributed by atoms with E-state index in [2.05, 4.69) is 27.8 Å². The summed E-state index contributed by atoms with van der Waals surface area (Å²) in [6.07, 6.45) is -4.34. The first kappa shape index (κ1) is 21.1. The number of hydrogen-bond donors (Lipinski definition) is 1. The van der Waals surface area contributed by atoms with Crippen LogP contribution in [0.15, 0.2) is 36.4 Å². The van der Waals surface area contributed by atoms with E-state index >= 15 is 0 Å². The molecule has 0 amide bonds. The average Bonchev–Trinajstić information content (AvgIpc) is 3.11. The van der Waals surface area contributed by atoms with E-state index < -0.39 is 11.7 Å². The summed E-state index contributed by atoms with van der Waals surface area (Å²) in [5.74, 6) is 0. The zero-order valence-electron chi connectivity index (χ0n) is 16.9. The molecular formula is C22H24F3N3OS. The topological polar surface area (TPSA) is 39.6 Å². The molecule has 0 bridgehead atoms. The Labute approximate surface area is 177 Å². The molecule has 4 nitrogen and oxygen atoms in total. The van der Waals surface area contributed by atoms with Gasteiger partial charge in [-0.1, -0.05) is 35.1 Å². The van der Waals surface area contributed by atoms with Crippen LogP contribution in [0.3, 0.4) is 0 Å². The van der Waals surface area contributed by atoms with Gasteiger partial charge in [0.25, 0.3) is 0 Å². The fourth-order valence-electron chi connectivity index (χ4n) is 3.99. The molecule has 1 N–H and O–H groups in total. The van der Waals surface area contributed by atoms with Crippen LogP contribution in [0.1, 0.15) is 29.2 Å². The van der Waals surface area contributed by atoms with Crippen molar-refractivity contribution in [2.75, 3.05) is 24.5 Å². The monoisotopic (exact) mass is 435 g/mol. The van der Waals surface area contributed by atoms with Crippen molar-refractivity contribution in [2.45, 2.75) is 39.2 Å². The summed E-state index contributed by atoms with van der Waals surface area (Å²) in [6, 6.07) is 10.2. The SMILES string of the molecule is Cc1cc(CO)cc(CN2CCN(c3nc4ccc(C(F)(F)F)cc4s3)CC2C)c1. The molecule has 4 rings (SSSR count). The van der Waals surface area contributed by atoms with Crippen molar-refractivity contribution in [3.8, 4) is 0 Å². The number of aliphatic hydroxyl groups excluding tert-OH is 1. The van der Waals surface area contributed by atoms with Gasteiger partial charge in [0.2, 0.25) is 0 Å². The second kappa shape index (κ2) is 8.17. The average molecular weight is 436 g/mol. The number of thiazole rings is 1. The number of hydrogen-bond acceptors (Lipinski definition) is 5. The second-order valence-corrected chi connectivity index (χ2v) is 8.94. The van der Waals surface area contributed by atoms with E-state index in [1.807, 2.05) is 19.1 Å². The number of fused-ring (bicyclic) bond motifs is 1. The third-order valence-corrected chi connectivity index (χ3v) is 6.58. The van der Waals surface area contributed by atoms with Gasteiger partial charge in [-0.05, 0) is 43.2 Å². The van der Waals surface area contributed by atoms with Crippen LogP contribution in [-0.4, -0.2) is 40.7 Å². The Kier molecular flexibility index (Phi) is 5.74. The van der Waals surface area contributed by atoms with Gasteiger partial charge in [-0.3, -0.25) is 4.90 Å². The number of nitrogens with zero attached hydrogens (tertiary/aromatic N) is 3. The Morgan fingerprint density at radius 2 is 1.90 bits per heavy atom. The number of alkyl halides is 3. The highest BCUT2D eigenvalue weighted by Gasteiger charge is 2.31. The van der Waals surface area contributed by atoms with Gasteiger partial charge in [0.1, 0.15) is 0 Å². The molecule has 1 unspecified atom stereocenters. The van der Waals surface area contributed by atoms with Gasteiger partial charge in [0, 0.05) is 32.2 Å². The smallest absolute Gasteiger partial charge is 0.392 e. The predicted molar refractivity (Wildman–Crippen MR) is 114 cm³/mol. The maximum atomic E-state index is 13.0. The zero-order valence-corrected chi connectivity index (χ0v) is 17.7. The summed E-state index contributed by atoms with van der Waals surface area (Å²) in [5.41, 5.74) is 3.21. The third kappa shape index (κ3) is 4.45. The molecule has 0 aliphatic carbocycles. The molecule has 8 heteroatoms. The molecule has 1 aliphatic rings. The summed E-state index contributed by atoms with van der Waals surface area (Å²) in [7, 11) is 0. The maximum absolute atomic E-state index is 13.0. The molecule has 1 aliphatic heterocycles. The second-order valence-electron chi connectivity index (χ2n) is 7.93. The Bertz CT molecular complexity index is 1050. The minimum Gasteiger partial charge on any atom is -0.392 e. The number of piperazine rings is 1. The molecular weight excluding hydrogens is 411 g/mol. The minimum absolute atomic E-state index is 0.0334. The van der Waals surface area contributed by atoms with E-state index in [0.717, 1.165) is 48.5 Å². The molecule has 0 saturated carbocycles. The van der Waals surface area contributed by atoms with E-state index in [4.69, 9.17) is 0 Å². The molecule has 1 fully saturated rings. The maximum Gasteiger partial charge on any atom is 0.416 e. The fourth-order valence-corrected chi connectivity index (χ4v) is 5.03. The molecule has 0 spiro atoms. The molecule has 3 aromatic rings. The van der Waals surface area contributed by atoms with Crippen LogP contribution in [0.25, 0.3) is 10.2 Å². The van der Waals surface area contributed by atoms with E-state index in [0.29, 0.717) is 10.2 Å². The first-order valence-electron chi connectivity index (χ1n) is 9.90. The highest BCUT2D eigenvalue weighted by atomic mass is 32.1. The van der Waals surface area contributed by atoms with Crippen molar-refractivity contribution in [2.24, 2.45) is 0 Å². The van der Waals surface area contributed by atoms with Crippen molar-refractivity contribution < 1.29 is 18.3 Å². The molecule has 0 radical (unpaired) electrons. The van der Waals surface area contributed by atoms with Crippen molar-refractivity contribution in [3.05, 3.63) is 58.7 Å². The summed E-state index contributed by atoms with van der Waals surface area (Å²) in [5, 5.41) is 10.2. The lowest BCUT2D eigenvalue weighted by Gasteiger charge is -2.39. The van der Waals surface area contributed by atoms with Gasteiger partial charge in [0.15, 0.2) is 5.13 Å². The molecule has 2 aromatic carbocycles. The highest BCUT2D eigenvalue weighted by Crippen LogP contribution is 2.36. The van der Waals surface area contributed by atoms with E-state index in [1.54, 1.807) is 0 Å². The van der Waals surface area contributed by atoms with Crippen LogP contribution >= 0.6 is 11.3 Å². The van der Waals surface area contributed by atoms with Gasteiger partial charge >= 0.3 is 6.18 Å². The third-order valence-electron chi connectivity index (χ3n) is 5.51. The van der Waals surface area contributed by atoms with Crippen molar-refractivity contribution in [1.29, 1.82) is 0 Å². The number of halogens is 3. The number of aromatic nitrogens is 1. The molecule has 160 valence electrons. The predicted octanol–water partition coefficient (Wildman–Crippen LogP) is 4.83. The molecule has 1 saturated heterocycles. The Morgan fingerprint density at radius 1 is 1.13 bits per heavy atom. The zero-order chi connectivity index (χ0) is 21.5. The van der Waals surface area contributed by atoms with E-state index in [1.165, 1.54) is 29.0 Å². The Balaban J connectivity index is 1.47. The number of aliphatic hydroxyl groups is 1. The first-order chi connectivity index (χ1) is 14.2. The van der Waals surface area contributed by atoms with Gasteiger partial charge in [0.05, 0.1) is 22.4 Å². The first-order valence-corrected chi connectivity index (χ1v) is 10.7. The quantitative estimate of drug-likeness (QED) is 0.638. The van der Waals surface area contributed by atoms with Crippen LogP contribution < -0.4 is 4.90 Å². The highest BCUT2D eigenvalue weighted by molar-refractivity contribution is 7.22. The Morgan fingerprint density at radius 3 is 2.60 bits per heavy atom. The van der Waals surface area contributed by atoms with Crippen molar-refractivity contribution in [1.82, 2.24) is 9.88 Å². The van der Waals surface area contributed by atoms with Crippen LogP contribution in [0, 0.1) is 6.92 Å². The fraction of sp³-hybridized carbons (Fsp3) is 0.409. The van der Waals surface area contributed by atoms with Gasteiger partial charge < -0.3 is 10.0 Å². The number of anilines is 1. The standard InChI is InChI=1S/C22H24F3N3OS/c1-14-7-16(9-17(8-14)13-29)12-27-5-6-28(11-15(27)2)21-26-19-4-3-18(22(23,24)25)10-20(19)30-21/h3-4,7-10,15,29H,5-6,11-13H2,1-2H3. The summed E-state index contributed by atoms with van der Waals surface area (Å²) in [4.78, 5) is 9.12. The molecule has 2 heterocycles. The normalized spacial score (nSPS) is 18.3. The number of aryl methyl sites for hydroxylation is 1. The lowest BCUT2D eigenvalue weighted by Crippen LogP contribution is -2.51. The van der Waals surface area contributed by atoms with Crippen LogP contribution in [0.5, 0.6) is 0 Å². The molecule has 30 heavy (non-hydrogen) atoms. The largest absolute Gasteiger partial charge is 0.416 e. The molecule has 1 atom stereocenters. The lowest BCUT2D eigenvalue weighted by atomic mass is 10.1. The van der Waals surface area contributed by atoms with Gasteiger partial charge in [-0.25, -0.2) is 4.98 Å². The summed E-state index contributed by atoms with van der Waals surface area (Å²) >= 11 is 1.32. The van der Waals surface area contributed by atoms with Gasteiger partial charge in [-0.15, -0.1) is 0 Å². The van der Waals surface area contributed by atoms with E-state index in [9.17, 15) is 18.3 Å². The number of benzene rings is 2. The van der Waals surface area contributed by atoms with Crippen LogP contribution in [0.2, 0.25) is 0 Å². The van der Waals surface area contributed by atoms with Crippen molar-refractivity contribution in [3.63, 3.8) is 0 Å². The number of rotatable bonds is 4. The minimum atomic E-state index is -4.34. The Hall–Kier alpha value is -2.16. The van der Waals surface area contributed by atoms with Gasteiger partial charge in [-0.2, -0.15) is 13.2 Å². The summed E-state index contributed by atoms with van der Waals surface area (Å²) < 4.78 is 39.5. The summed E-state index contributed by atoms with van der Waals surface area (Å²) in [6.45, 7) is 7.41. The van der Waals surface area contributed by atoms with Crippen molar-refractivity contribution >= 4 is 26.7 Å². The van der Waals surface area contributed by atoms with Crippen LogP contribution in [0.4, 0.5) is 18.3 Å².